The second kappa shape index (κ2) is 12.8. The van der Waals surface area contributed by atoms with Crippen molar-refractivity contribution in [2.75, 3.05) is 0 Å². The van der Waals surface area contributed by atoms with Gasteiger partial charge in [0.2, 0.25) is 0 Å². The van der Waals surface area contributed by atoms with E-state index in [0.29, 0.717) is 0 Å². The Balaban J connectivity index is 0.000000280. The first kappa shape index (κ1) is 31.4. The predicted octanol–water partition coefficient (Wildman–Crippen LogP) is 1.90. The molecule has 0 aromatic carbocycles. The van der Waals surface area contributed by atoms with E-state index in [4.69, 9.17) is 20.4 Å². The number of aromatic hydroxyl groups is 4. The summed E-state index contributed by atoms with van der Waals surface area (Å²) in [6.45, 7) is 0. The Kier molecular flexibility index (Phi) is 9.81. The Morgan fingerprint density at radius 2 is 0.683 bits per heavy atom. The fraction of sp³-hybridized carbons (Fsp3) is 0. The van der Waals surface area contributed by atoms with Gasteiger partial charge in [-0.05, 0) is 12.1 Å². The van der Waals surface area contributed by atoms with E-state index in [2.05, 4.69) is 19.9 Å². The summed E-state index contributed by atoms with van der Waals surface area (Å²) in [5, 5.41) is 73.0. The van der Waals surface area contributed by atoms with Gasteiger partial charge in [0.05, 0.1) is 35.2 Å². The topological polar surface area (TPSA) is 282 Å². The summed E-state index contributed by atoms with van der Waals surface area (Å²) < 4.78 is 0. The summed E-state index contributed by atoms with van der Waals surface area (Å²) in [7, 11) is 0. The molecule has 0 atom stereocenters. The Labute approximate surface area is 237 Å². The van der Waals surface area contributed by atoms with Gasteiger partial charge in [-0.2, -0.15) is 0 Å². The number of carboxylic acids is 4. The van der Waals surface area contributed by atoms with Gasteiger partial charge < -0.3 is 40.9 Å². The van der Waals surface area contributed by atoms with Gasteiger partial charge >= 0.3 is 23.9 Å². The first-order valence-electron chi connectivity index (χ1n) is 10.5. The van der Waals surface area contributed by atoms with Crippen molar-refractivity contribution >= 4 is 23.9 Å². The first-order valence-corrected chi connectivity index (χ1v) is 10.5. The summed E-state index contributed by atoms with van der Waals surface area (Å²) in [4.78, 5) is 58.3. The number of aromatic carboxylic acids is 4. The van der Waals surface area contributed by atoms with E-state index >= 15 is 0 Å². The molecule has 8 N–H and O–H groups in total. The van der Waals surface area contributed by atoms with Crippen molar-refractivity contribution in [1.29, 1.82) is 0 Å². The van der Waals surface area contributed by atoms with E-state index < -0.39 is 46.9 Å². The molecule has 0 saturated carbocycles. The zero-order chi connectivity index (χ0) is 29.7. The summed E-state index contributed by atoms with van der Waals surface area (Å²) in [5.74, 6) is -7.43. The largest absolute Gasteiger partial charge is 0.507 e. The number of carboxylic acid groups (broad SMARTS) is 4. The maximum absolute atomic E-state index is 10.9. The average molecular weight is 611 g/mol. The monoisotopic (exact) mass is 610 g/mol. The third-order valence-corrected chi connectivity index (χ3v) is 4.98. The van der Waals surface area contributed by atoms with E-state index in [-0.39, 0.29) is 61.5 Å². The van der Waals surface area contributed by atoms with Crippen LogP contribution in [0.3, 0.4) is 0 Å². The molecule has 41 heavy (non-hydrogen) atoms. The SMILES string of the molecule is O=C(O)c1cc(-c2cc(C(=O)O)c(O)cn2)ncc1O.O=C(O)c1cnc(-c2cc(O)c(C(=O)O)cn2)cc1O.[Ni]. The normalized spacial score (nSPS) is 9.95. The molecule has 0 amide bonds. The second-order valence-corrected chi connectivity index (χ2v) is 7.57. The fourth-order valence-corrected chi connectivity index (χ4v) is 3.02. The van der Waals surface area contributed by atoms with Crippen LogP contribution in [0.4, 0.5) is 0 Å². The molecule has 4 heterocycles. The molecule has 4 rings (SSSR count). The summed E-state index contributed by atoms with van der Waals surface area (Å²) in [5.41, 5.74) is -1.21. The van der Waals surface area contributed by atoms with Gasteiger partial charge in [-0.1, -0.05) is 0 Å². The third-order valence-electron chi connectivity index (χ3n) is 4.98. The number of carbonyl (C=O) groups is 4. The second-order valence-electron chi connectivity index (χ2n) is 7.57. The van der Waals surface area contributed by atoms with Crippen LogP contribution in [0, 0.1) is 0 Å². The first-order chi connectivity index (χ1) is 18.8. The number of nitrogens with zero attached hydrogens (tertiary/aromatic N) is 4. The van der Waals surface area contributed by atoms with E-state index in [1.165, 1.54) is 0 Å². The summed E-state index contributed by atoms with van der Waals surface area (Å²) >= 11 is 0. The molecule has 214 valence electrons. The Hall–Kier alpha value is -5.83. The summed E-state index contributed by atoms with van der Waals surface area (Å²) in [6, 6.07) is 4.24. The Morgan fingerprint density at radius 1 is 0.415 bits per heavy atom. The van der Waals surface area contributed by atoms with Crippen molar-refractivity contribution in [2.45, 2.75) is 0 Å². The van der Waals surface area contributed by atoms with Crippen LogP contribution in [0.1, 0.15) is 41.4 Å². The maximum Gasteiger partial charge on any atom is 0.341 e. The van der Waals surface area contributed by atoms with Gasteiger partial charge in [0, 0.05) is 41.0 Å². The van der Waals surface area contributed by atoms with Gasteiger partial charge in [-0.3, -0.25) is 19.9 Å². The third kappa shape index (κ3) is 7.18. The molecular formula is C24H16N4NiO12. The van der Waals surface area contributed by atoms with Crippen LogP contribution >= 0.6 is 0 Å². The van der Waals surface area contributed by atoms with Gasteiger partial charge in [0.15, 0.2) is 0 Å². The molecule has 4 aromatic rings. The molecule has 0 fully saturated rings. The number of rotatable bonds is 6. The van der Waals surface area contributed by atoms with Gasteiger partial charge in [-0.25, -0.2) is 19.2 Å². The quantitative estimate of drug-likeness (QED) is 0.145. The number of aromatic nitrogens is 4. The molecule has 0 unspecified atom stereocenters. The molecule has 0 bridgehead atoms. The van der Waals surface area contributed by atoms with Crippen LogP contribution in [-0.2, 0) is 16.5 Å². The maximum atomic E-state index is 10.9. The Bertz CT molecular complexity index is 1560. The molecule has 0 aliphatic heterocycles. The summed E-state index contributed by atoms with van der Waals surface area (Å²) in [6.07, 6.45) is 3.73. The number of pyridine rings is 4. The zero-order valence-electron chi connectivity index (χ0n) is 19.9. The molecule has 0 saturated heterocycles. The van der Waals surface area contributed by atoms with Crippen LogP contribution in [0.2, 0.25) is 0 Å². The van der Waals surface area contributed by atoms with E-state index in [0.717, 1.165) is 49.1 Å². The Morgan fingerprint density at radius 3 is 0.951 bits per heavy atom. The minimum absolute atomic E-state index is 0. The van der Waals surface area contributed by atoms with Crippen molar-refractivity contribution < 1.29 is 76.5 Å². The van der Waals surface area contributed by atoms with Crippen molar-refractivity contribution in [1.82, 2.24) is 19.9 Å². The number of hydrogen-bond acceptors (Lipinski definition) is 12. The molecule has 17 heteroatoms. The zero-order valence-corrected chi connectivity index (χ0v) is 20.9. The standard InChI is InChI=1S/2C12H8N2O6.Ni/c15-9-1-7(13-3-5(9)11(17)18)8-2-10(16)6(4-14-8)12(19)20;15-9-3-13-7(1-5(9)11(17)18)8-2-6(12(19)20)10(16)4-14-8;/h1-4H,(H,13,15)(H,14,16)(H,17,18)(H,19,20);1-4,15-16H,(H,17,18)(H,19,20);. The molecule has 0 spiro atoms. The molecule has 16 nitrogen and oxygen atoms in total. The van der Waals surface area contributed by atoms with Gasteiger partial charge in [0.1, 0.15) is 45.3 Å². The van der Waals surface area contributed by atoms with Crippen LogP contribution in [-0.4, -0.2) is 84.7 Å². The van der Waals surface area contributed by atoms with E-state index in [9.17, 15) is 39.6 Å². The van der Waals surface area contributed by atoms with Crippen LogP contribution < -0.4 is 0 Å². The smallest absolute Gasteiger partial charge is 0.341 e. The van der Waals surface area contributed by atoms with Crippen LogP contribution in [0.5, 0.6) is 23.0 Å². The minimum Gasteiger partial charge on any atom is -0.507 e. The van der Waals surface area contributed by atoms with Crippen molar-refractivity contribution in [2.24, 2.45) is 0 Å². The molecule has 0 aliphatic carbocycles. The van der Waals surface area contributed by atoms with E-state index in [1.54, 1.807) is 0 Å². The predicted molar refractivity (Wildman–Crippen MR) is 129 cm³/mol. The molecule has 0 radical (unpaired) electrons. The minimum atomic E-state index is -1.36. The van der Waals surface area contributed by atoms with Crippen molar-refractivity contribution in [3.8, 4) is 45.8 Å². The van der Waals surface area contributed by atoms with Crippen molar-refractivity contribution in [3.63, 3.8) is 0 Å². The fourth-order valence-electron chi connectivity index (χ4n) is 3.02. The molecule has 0 aliphatic rings. The van der Waals surface area contributed by atoms with Crippen LogP contribution in [0.25, 0.3) is 22.8 Å². The molecule has 4 aromatic heterocycles. The van der Waals surface area contributed by atoms with E-state index in [1.807, 2.05) is 0 Å². The van der Waals surface area contributed by atoms with Crippen molar-refractivity contribution in [3.05, 3.63) is 71.3 Å². The molecular weight excluding hydrogens is 595 g/mol. The average Bonchev–Trinajstić information content (AvgIpc) is 2.88. The number of hydrogen-bond donors (Lipinski definition) is 8. The van der Waals surface area contributed by atoms with Crippen LogP contribution in [0.15, 0.2) is 49.1 Å². The van der Waals surface area contributed by atoms with Gasteiger partial charge in [0.25, 0.3) is 0 Å². The van der Waals surface area contributed by atoms with Gasteiger partial charge in [-0.15, -0.1) is 0 Å².